The molecule has 0 atom stereocenters. The van der Waals surface area contributed by atoms with Gasteiger partial charge < -0.3 is 9.80 Å². The van der Waals surface area contributed by atoms with Crippen molar-refractivity contribution >= 4 is 11.7 Å². The molecule has 0 bridgehead atoms. The third-order valence-electron chi connectivity index (χ3n) is 6.00. The zero-order valence-electron chi connectivity index (χ0n) is 17.0. The topological polar surface area (TPSA) is 49.3 Å². The summed E-state index contributed by atoms with van der Waals surface area (Å²) in [6.45, 7) is 4.06. The predicted molar refractivity (Wildman–Crippen MR) is 107 cm³/mol. The van der Waals surface area contributed by atoms with E-state index in [9.17, 15) is 18.0 Å². The van der Waals surface area contributed by atoms with Crippen LogP contribution in [0.1, 0.15) is 41.9 Å². The van der Waals surface area contributed by atoms with E-state index in [-0.39, 0.29) is 17.6 Å². The van der Waals surface area contributed by atoms with Crippen molar-refractivity contribution in [3.8, 4) is 0 Å². The Morgan fingerprint density at radius 1 is 1.10 bits per heavy atom. The Morgan fingerprint density at radius 2 is 1.80 bits per heavy atom. The number of carbonyl (C=O) groups is 1. The van der Waals surface area contributed by atoms with Crippen LogP contribution in [-0.2, 0) is 23.9 Å². The molecule has 4 rings (SSSR count). The highest BCUT2D eigenvalue weighted by atomic mass is 19.4. The fourth-order valence-electron chi connectivity index (χ4n) is 4.31. The van der Waals surface area contributed by atoms with Gasteiger partial charge in [0.1, 0.15) is 17.3 Å². The lowest BCUT2D eigenvalue weighted by molar-refractivity contribution is -0.141. The number of rotatable bonds is 3. The number of aromatic nitrogens is 2. The van der Waals surface area contributed by atoms with Crippen molar-refractivity contribution in [2.75, 3.05) is 24.5 Å². The van der Waals surface area contributed by atoms with Crippen molar-refractivity contribution < 1.29 is 18.0 Å². The van der Waals surface area contributed by atoms with Gasteiger partial charge in [0, 0.05) is 38.7 Å². The summed E-state index contributed by atoms with van der Waals surface area (Å²) in [5, 5.41) is 0. The second-order valence-corrected chi connectivity index (χ2v) is 8.12. The van der Waals surface area contributed by atoms with E-state index in [1.54, 1.807) is 0 Å². The van der Waals surface area contributed by atoms with Gasteiger partial charge in [0.15, 0.2) is 0 Å². The van der Waals surface area contributed by atoms with Crippen LogP contribution in [0.15, 0.2) is 30.3 Å². The summed E-state index contributed by atoms with van der Waals surface area (Å²) in [7, 11) is 0. The van der Waals surface area contributed by atoms with Crippen LogP contribution < -0.4 is 4.90 Å². The van der Waals surface area contributed by atoms with Crippen LogP contribution >= 0.6 is 0 Å². The third kappa shape index (κ3) is 4.57. The minimum Gasteiger partial charge on any atom is -0.356 e. The first-order valence-corrected chi connectivity index (χ1v) is 10.3. The Labute approximate surface area is 173 Å². The highest BCUT2D eigenvalue weighted by molar-refractivity contribution is 5.76. The van der Waals surface area contributed by atoms with Crippen molar-refractivity contribution in [3.63, 3.8) is 0 Å². The van der Waals surface area contributed by atoms with Gasteiger partial charge in [0.2, 0.25) is 5.91 Å². The number of carbonyl (C=O) groups excluding carboxylic acids is 1. The molecule has 0 spiro atoms. The molecule has 1 aromatic carbocycles. The van der Waals surface area contributed by atoms with E-state index in [0.29, 0.717) is 31.9 Å². The fraction of sp³-hybridized carbons (Fsp3) is 0.500. The predicted octanol–water partition coefficient (Wildman–Crippen LogP) is 4.00. The highest BCUT2D eigenvalue weighted by Gasteiger charge is 2.34. The molecule has 30 heavy (non-hydrogen) atoms. The lowest BCUT2D eigenvalue weighted by Crippen LogP contribution is -2.39. The number of hydrogen-bond donors (Lipinski definition) is 0. The molecular weight excluding hydrogens is 393 g/mol. The van der Waals surface area contributed by atoms with E-state index >= 15 is 0 Å². The summed E-state index contributed by atoms with van der Waals surface area (Å²) in [6.07, 6.45) is -1.58. The summed E-state index contributed by atoms with van der Waals surface area (Å²) >= 11 is 0. The van der Waals surface area contributed by atoms with E-state index in [1.807, 2.05) is 21.9 Å². The molecule has 2 aliphatic heterocycles. The number of aryl methyl sites for hydroxylation is 1. The molecule has 3 heterocycles. The molecule has 1 fully saturated rings. The number of anilines is 1. The molecular formula is C22H25F3N4O. The van der Waals surface area contributed by atoms with Crippen LogP contribution in [0.2, 0.25) is 0 Å². The van der Waals surface area contributed by atoms with E-state index in [4.69, 9.17) is 0 Å². The molecule has 2 aliphatic rings. The number of hydrogen-bond acceptors (Lipinski definition) is 4. The number of alkyl halides is 3. The molecule has 1 amide bonds. The van der Waals surface area contributed by atoms with E-state index in [1.165, 1.54) is 18.1 Å². The zero-order chi connectivity index (χ0) is 21.3. The second-order valence-electron chi connectivity index (χ2n) is 8.12. The lowest BCUT2D eigenvalue weighted by Gasteiger charge is -2.34. The van der Waals surface area contributed by atoms with Crippen molar-refractivity contribution in [1.29, 1.82) is 0 Å². The number of benzene rings is 1. The van der Waals surface area contributed by atoms with Gasteiger partial charge in [-0.15, -0.1) is 0 Å². The fourth-order valence-corrected chi connectivity index (χ4v) is 4.31. The average Bonchev–Trinajstić information content (AvgIpc) is 2.73. The first-order chi connectivity index (χ1) is 14.3. The van der Waals surface area contributed by atoms with Gasteiger partial charge in [-0.1, -0.05) is 24.3 Å². The summed E-state index contributed by atoms with van der Waals surface area (Å²) < 4.78 is 39.1. The Kier molecular flexibility index (Phi) is 5.66. The standard InChI is InChI=1S/C22H25F3N4O/c1-15-26-19(22(23,24)25)13-20(27-15)28-9-6-16(7-10-28)12-21(30)29-11-8-17-4-2-3-5-18(17)14-29/h2-5,13,16H,6-12,14H2,1H3. The maximum absolute atomic E-state index is 13.0. The minimum atomic E-state index is -4.49. The van der Waals surface area contributed by atoms with Crippen LogP contribution in [0.5, 0.6) is 0 Å². The number of nitrogens with zero attached hydrogens (tertiary/aromatic N) is 4. The molecule has 0 saturated carbocycles. The van der Waals surface area contributed by atoms with Crippen LogP contribution in [0.25, 0.3) is 0 Å². The maximum Gasteiger partial charge on any atom is 0.433 e. The Bertz CT molecular complexity index is 923. The summed E-state index contributed by atoms with van der Waals surface area (Å²) in [4.78, 5) is 24.3. The first kappa shape index (κ1) is 20.6. The van der Waals surface area contributed by atoms with Crippen LogP contribution in [0.3, 0.4) is 0 Å². The summed E-state index contributed by atoms with van der Waals surface area (Å²) in [5.41, 5.74) is 1.62. The van der Waals surface area contributed by atoms with Gasteiger partial charge in [-0.2, -0.15) is 13.2 Å². The molecule has 0 radical (unpaired) electrons. The van der Waals surface area contributed by atoms with E-state index < -0.39 is 11.9 Å². The minimum absolute atomic E-state index is 0.113. The number of piperidine rings is 1. The van der Waals surface area contributed by atoms with Gasteiger partial charge in [0.25, 0.3) is 0 Å². The zero-order valence-corrected chi connectivity index (χ0v) is 17.0. The monoisotopic (exact) mass is 418 g/mol. The lowest BCUT2D eigenvalue weighted by atomic mass is 9.92. The van der Waals surface area contributed by atoms with Gasteiger partial charge in [0.05, 0.1) is 0 Å². The van der Waals surface area contributed by atoms with Gasteiger partial charge in [-0.3, -0.25) is 4.79 Å². The quantitative estimate of drug-likeness (QED) is 0.756. The third-order valence-corrected chi connectivity index (χ3v) is 6.00. The summed E-state index contributed by atoms with van der Waals surface area (Å²) in [6, 6.07) is 9.24. The Morgan fingerprint density at radius 3 is 2.50 bits per heavy atom. The molecule has 1 aromatic heterocycles. The van der Waals surface area contributed by atoms with Crippen molar-refractivity contribution in [3.05, 3.63) is 53.0 Å². The molecule has 1 saturated heterocycles. The smallest absolute Gasteiger partial charge is 0.356 e. The molecule has 8 heteroatoms. The normalized spacial score (nSPS) is 17.7. The molecule has 0 unspecified atom stereocenters. The van der Waals surface area contributed by atoms with Crippen molar-refractivity contribution in [2.24, 2.45) is 5.92 Å². The van der Waals surface area contributed by atoms with E-state index in [2.05, 4.69) is 22.1 Å². The highest BCUT2D eigenvalue weighted by Crippen LogP contribution is 2.31. The van der Waals surface area contributed by atoms with Crippen LogP contribution in [-0.4, -0.2) is 40.4 Å². The number of fused-ring (bicyclic) bond motifs is 1. The largest absolute Gasteiger partial charge is 0.433 e. The van der Waals surface area contributed by atoms with E-state index in [0.717, 1.165) is 31.9 Å². The molecule has 5 nitrogen and oxygen atoms in total. The van der Waals surface area contributed by atoms with Crippen LogP contribution in [0, 0.1) is 12.8 Å². The van der Waals surface area contributed by atoms with Gasteiger partial charge >= 0.3 is 6.18 Å². The average molecular weight is 418 g/mol. The SMILES string of the molecule is Cc1nc(N2CCC(CC(=O)N3CCc4ccccc4C3)CC2)cc(C(F)(F)F)n1. The van der Waals surface area contributed by atoms with Gasteiger partial charge in [-0.05, 0) is 43.2 Å². The van der Waals surface area contributed by atoms with Crippen molar-refractivity contribution in [2.45, 2.75) is 45.3 Å². The maximum atomic E-state index is 13.0. The van der Waals surface area contributed by atoms with Crippen molar-refractivity contribution in [1.82, 2.24) is 14.9 Å². The molecule has 2 aromatic rings. The van der Waals surface area contributed by atoms with Gasteiger partial charge in [-0.25, -0.2) is 9.97 Å². The summed E-state index contributed by atoms with van der Waals surface area (Å²) in [5.74, 6) is 0.839. The Balaban J connectivity index is 1.33. The molecule has 160 valence electrons. The number of amides is 1. The first-order valence-electron chi connectivity index (χ1n) is 10.3. The molecule has 0 aliphatic carbocycles. The molecule has 0 N–H and O–H groups in total. The Hall–Kier alpha value is -2.64. The van der Waals surface area contributed by atoms with Crippen LogP contribution in [0.4, 0.5) is 19.0 Å². The number of halogens is 3. The second kappa shape index (κ2) is 8.24.